The lowest BCUT2D eigenvalue weighted by Crippen LogP contribution is -2.04. The average Bonchev–Trinajstić information content (AvgIpc) is 2.94. The summed E-state index contributed by atoms with van der Waals surface area (Å²) in [5, 5.41) is 11.0. The largest absolute Gasteiger partial charge is 0.508 e. The van der Waals surface area contributed by atoms with Crippen LogP contribution in [0.25, 0.3) is 0 Å². The number of rotatable bonds is 2. The fourth-order valence-electron chi connectivity index (χ4n) is 2.77. The molecule has 0 aliphatic carbocycles. The van der Waals surface area contributed by atoms with Gasteiger partial charge in [0.05, 0.1) is 10.0 Å². The maximum atomic E-state index is 10.0. The van der Waals surface area contributed by atoms with E-state index in [9.17, 15) is 5.11 Å². The van der Waals surface area contributed by atoms with Crippen LogP contribution in [0, 0.1) is 0 Å². The van der Waals surface area contributed by atoms with Crippen LogP contribution in [0.2, 0.25) is 10.0 Å². The third-order valence-electron chi connectivity index (χ3n) is 3.73. The zero-order valence-electron chi connectivity index (χ0n) is 10.5. The van der Waals surface area contributed by atoms with E-state index in [0.717, 1.165) is 30.8 Å². The molecular formula is C14H14Cl2N2O. The van der Waals surface area contributed by atoms with Crippen molar-refractivity contribution >= 4 is 23.2 Å². The molecule has 0 saturated carbocycles. The molecule has 1 N–H and O–H groups in total. The second kappa shape index (κ2) is 4.73. The highest BCUT2D eigenvalue weighted by molar-refractivity contribution is 6.42. The highest BCUT2D eigenvalue weighted by Crippen LogP contribution is 2.41. The second-order valence-electron chi connectivity index (χ2n) is 4.83. The van der Waals surface area contributed by atoms with Gasteiger partial charge in [-0.2, -0.15) is 0 Å². The normalized spacial score (nSPS) is 17.7. The zero-order chi connectivity index (χ0) is 13.6. The molecular weight excluding hydrogens is 283 g/mol. The molecule has 0 bridgehead atoms. The van der Waals surface area contributed by atoms with Crippen molar-refractivity contribution in [3.8, 4) is 5.75 Å². The van der Waals surface area contributed by atoms with Gasteiger partial charge in [0.2, 0.25) is 0 Å². The first-order valence-corrected chi connectivity index (χ1v) is 7.07. The van der Waals surface area contributed by atoms with E-state index >= 15 is 0 Å². The monoisotopic (exact) mass is 296 g/mol. The van der Waals surface area contributed by atoms with E-state index in [2.05, 4.69) is 16.5 Å². The van der Waals surface area contributed by atoms with Gasteiger partial charge >= 0.3 is 0 Å². The summed E-state index contributed by atoms with van der Waals surface area (Å²) >= 11 is 12.3. The lowest BCUT2D eigenvalue weighted by atomic mass is 9.96. The number of aryl methyl sites for hydroxylation is 1. The zero-order valence-corrected chi connectivity index (χ0v) is 12.0. The summed E-state index contributed by atoms with van der Waals surface area (Å²) in [4.78, 5) is 4.43. The summed E-state index contributed by atoms with van der Waals surface area (Å²) in [7, 11) is 0. The van der Waals surface area contributed by atoms with Crippen LogP contribution in [0.1, 0.15) is 29.9 Å². The summed E-state index contributed by atoms with van der Waals surface area (Å²) in [5.74, 6) is 1.40. The van der Waals surface area contributed by atoms with Gasteiger partial charge in [-0.1, -0.05) is 30.1 Å². The third kappa shape index (κ3) is 2.01. The van der Waals surface area contributed by atoms with Crippen LogP contribution in [0.15, 0.2) is 18.3 Å². The molecule has 0 fully saturated rings. The number of phenols is 1. The molecule has 1 atom stereocenters. The van der Waals surface area contributed by atoms with Crippen LogP contribution < -0.4 is 0 Å². The smallest absolute Gasteiger partial charge is 0.120 e. The molecule has 3 nitrogen and oxygen atoms in total. The maximum Gasteiger partial charge on any atom is 0.120 e. The molecule has 1 aliphatic rings. The molecule has 3 rings (SSSR count). The van der Waals surface area contributed by atoms with Gasteiger partial charge in [0.1, 0.15) is 11.6 Å². The topological polar surface area (TPSA) is 38.0 Å². The average molecular weight is 297 g/mol. The summed E-state index contributed by atoms with van der Waals surface area (Å²) in [5.41, 5.74) is 1.96. The van der Waals surface area contributed by atoms with Gasteiger partial charge in [0, 0.05) is 36.3 Å². The Morgan fingerprint density at radius 1 is 1.42 bits per heavy atom. The van der Waals surface area contributed by atoms with Gasteiger partial charge in [0.15, 0.2) is 0 Å². The lowest BCUT2D eigenvalue weighted by molar-refractivity contribution is 0.459. The van der Waals surface area contributed by atoms with E-state index in [0.29, 0.717) is 10.0 Å². The van der Waals surface area contributed by atoms with E-state index in [1.807, 2.05) is 6.20 Å². The van der Waals surface area contributed by atoms with Crippen molar-refractivity contribution in [1.29, 1.82) is 0 Å². The van der Waals surface area contributed by atoms with Crippen molar-refractivity contribution in [2.45, 2.75) is 32.2 Å². The predicted octanol–water partition coefficient (Wildman–Crippen LogP) is 3.80. The minimum Gasteiger partial charge on any atom is -0.508 e. The Labute approximate surface area is 121 Å². The number of benzene rings is 1. The summed E-state index contributed by atoms with van der Waals surface area (Å²) < 4.78 is 2.21. The third-order valence-corrected chi connectivity index (χ3v) is 4.55. The number of aromatic nitrogens is 2. The molecule has 1 aromatic heterocycles. The van der Waals surface area contributed by atoms with Gasteiger partial charge in [-0.3, -0.25) is 0 Å². The molecule has 1 aromatic carbocycles. The number of imidazole rings is 1. The number of halogens is 2. The van der Waals surface area contributed by atoms with Crippen LogP contribution in [-0.2, 0) is 19.4 Å². The second-order valence-corrected chi connectivity index (χ2v) is 5.61. The number of hydrogen-bond acceptors (Lipinski definition) is 2. The minimum atomic E-state index is 0.139. The molecule has 0 radical (unpaired) electrons. The number of fused-ring (bicyclic) bond motifs is 1. The van der Waals surface area contributed by atoms with Crippen LogP contribution in [0.3, 0.4) is 0 Å². The Morgan fingerprint density at radius 3 is 2.95 bits per heavy atom. The van der Waals surface area contributed by atoms with Gasteiger partial charge in [-0.25, -0.2) is 4.98 Å². The Morgan fingerprint density at radius 2 is 2.21 bits per heavy atom. The fraction of sp³-hybridized carbons (Fsp3) is 0.357. The first-order valence-electron chi connectivity index (χ1n) is 6.32. The standard InChI is InChI=1S/C14H14Cl2N2O/c1-2-9-6-17-12-5-8(7-18(9)12)13-11(19)4-3-10(15)14(13)16/h3-4,6,8,19H,2,5,7H2,1H3/t8-/m0/s1. The Kier molecular flexibility index (Phi) is 3.19. The molecule has 100 valence electrons. The van der Waals surface area contributed by atoms with E-state index in [1.165, 1.54) is 5.69 Å². The van der Waals surface area contributed by atoms with Gasteiger partial charge in [-0.15, -0.1) is 0 Å². The van der Waals surface area contributed by atoms with Crippen molar-refractivity contribution in [2.24, 2.45) is 0 Å². The maximum absolute atomic E-state index is 10.0. The number of hydrogen-bond donors (Lipinski definition) is 1. The van der Waals surface area contributed by atoms with Gasteiger partial charge in [0.25, 0.3) is 0 Å². The van der Waals surface area contributed by atoms with Gasteiger partial charge < -0.3 is 9.67 Å². The fourth-order valence-corrected chi connectivity index (χ4v) is 3.24. The first-order chi connectivity index (χ1) is 9.11. The van der Waals surface area contributed by atoms with E-state index in [-0.39, 0.29) is 11.7 Å². The molecule has 19 heavy (non-hydrogen) atoms. The van der Waals surface area contributed by atoms with E-state index in [4.69, 9.17) is 23.2 Å². The summed E-state index contributed by atoms with van der Waals surface area (Å²) in [6.45, 7) is 2.91. The molecule has 0 unspecified atom stereocenters. The van der Waals surface area contributed by atoms with Crippen molar-refractivity contribution in [2.75, 3.05) is 0 Å². The van der Waals surface area contributed by atoms with Gasteiger partial charge in [-0.05, 0) is 18.6 Å². The minimum absolute atomic E-state index is 0.139. The van der Waals surface area contributed by atoms with E-state index < -0.39 is 0 Å². The molecule has 0 amide bonds. The highest BCUT2D eigenvalue weighted by Gasteiger charge is 2.29. The Balaban J connectivity index is 1.99. The molecule has 2 aromatic rings. The first kappa shape index (κ1) is 12.8. The van der Waals surface area contributed by atoms with Crippen molar-refractivity contribution in [3.63, 3.8) is 0 Å². The number of phenolic OH excluding ortho intramolecular Hbond substituents is 1. The number of nitrogens with zero attached hydrogens (tertiary/aromatic N) is 2. The van der Waals surface area contributed by atoms with Crippen LogP contribution >= 0.6 is 23.2 Å². The van der Waals surface area contributed by atoms with Crippen molar-refractivity contribution in [3.05, 3.63) is 45.5 Å². The Bertz CT molecular complexity index is 637. The molecule has 0 saturated heterocycles. The molecule has 1 aliphatic heterocycles. The summed E-state index contributed by atoms with van der Waals surface area (Å²) in [6, 6.07) is 3.22. The lowest BCUT2D eigenvalue weighted by Gasteiger charge is -2.15. The van der Waals surface area contributed by atoms with Crippen LogP contribution in [0.5, 0.6) is 5.75 Å². The van der Waals surface area contributed by atoms with Crippen molar-refractivity contribution in [1.82, 2.24) is 9.55 Å². The van der Waals surface area contributed by atoms with Crippen LogP contribution in [-0.4, -0.2) is 14.7 Å². The van der Waals surface area contributed by atoms with Crippen LogP contribution in [0.4, 0.5) is 0 Å². The Hall–Kier alpha value is -1.19. The van der Waals surface area contributed by atoms with Crippen molar-refractivity contribution < 1.29 is 5.11 Å². The summed E-state index contributed by atoms with van der Waals surface area (Å²) in [6.07, 6.45) is 3.66. The molecule has 2 heterocycles. The SMILES string of the molecule is CCc1cnc2n1C[C@@H](c1c(O)ccc(Cl)c1Cl)C2. The molecule has 5 heteroatoms. The predicted molar refractivity (Wildman–Crippen MR) is 76.2 cm³/mol. The highest BCUT2D eigenvalue weighted by atomic mass is 35.5. The quantitative estimate of drug-likeness (QED) is 0.915. The molecule has 0 spiro atoms. The van der Waals surface area contributed by atoms with E-state index in [1.54, 1.807) is 12.1 Å². The number of aromatic hydroxyl groups is 1.